The highest BCUT2D eigenvalue weighted by molar-refractivity contribution is 5.79. The molecule has 1 aromatic carbocycles. The Bertz CT molecular complexity index is 878. The number of aliphatic carboxylic acids is 1. The third-order valence-corrected chi connectivity index (χ3v) is 4.23. The first-order valence-electron chi connectivity index (χ1n) is 9.09. The van der Waals surface area contributed by atoms with E-state index in [1.54, 1.807) is 10.8 Å². The van der Waals surface area contributed by atoms with Gasteiger partial charge in [-0.05, 0) is 30.4 Å². The Hall–Kier alpha value is -3.27. The summed E-state index contributed by atoms with van der Waals surface area (Å²) >= 11 is 0. The number of carboxylic acids is 1. The fourth-order valence-corrected chi connectivity index (χ4v) is 2.84. The lowest BCUT2D eigenvalue weighted by molar-refractivity contribution is -0.143. The highest BCUT2D eigenvalue weighted by Crippen LogP contribution is 2.14. The predicted molar refractivity (Wildman–Crippen MR) is 105 cm³/mol. The van der Waals surface area contributed by atoms with Crippen LogP contribution in [0.2, 0.25) is 0 Å². The summed E-state index contributed by atoms with van der Waals surface area (Å²) in [7, 11) is 1.82. The molecule has 2 aromatic rings. The van der Waals surface area contributed by atoms with Crippen molar-refractivity contribution in [1.82, 2.24) is 14.5 Å². The number of aromatic nitrogens is 2. The second-order valence-corrected chi connectivity index (χ2v) is 6.99. The van der Waals surface area contributed by atoms with Crippen LogP contribution >= 0.6 is 0 Å². The molecule has 7 heteroatoms. The van der Waals surface area contributed by atoms with Gasteiger partial charge in [-0.2, -0.15) is 0 Å². The summed E-state index contributed by atoms with van der Waals surface area (Å²) in [5, 5.41) is 18.9. The molecule has 2 rings (SSSR count). The van der Waals surface area contributed by atoms with Gasteiger partial charge in [-0.1, -0.05) is 38.0 Å². The normalized spacial score (nSPS) is 11.6. The van der Waals surface area contributed by atoms with Crippen LogP contribution in [0.15, 0.2) is 36.5 Å². The maximum absolute atomic E-state index is 11.6. The lowest BCUT2D eigenvalue weighted by Gasteiger charge is -2.27. The first-order chi connectivity index (χ1) is 13.3. The Morgan fingerprint density at radius 1 is 1.18 bits per heavy atom. The standard InChI is InChI=1S/C21H25N3O4/c1-15(2)13-18(20(25)26)24(21(27)28)12-11-17-14-23(3)19(22-17)10-9-16-7-5-4-6-8-16/h4-8,14-15,18H,11-13H2,1-3H3,(H,25,26)(H,27,28). The summed E-state index contributed by atoms with van der Waals surface area (Å²) in [6.45, 7) is 3.79. The van der Waals surface area contributed by atoms with Gasteiger partial charge in [0.1, 0.15) is 6.04 Å². The molecule has 0 aliphatic rings. The van der Waals surface area contributed by atoms with Crippen molar-refractivity contribution < 1.29 is 19.8 Å². The number of amides is 1. The van der Waals surface area contributed by atoms with Crippen molar-refractivity contribution in [2.75, 3.05) is 6.54 Å². The van der Waals surface area contributed by atoms with Crippen LogP contribution in [0.25, 0.3) is 0 Å². The van der Waals surface area contributed by atoms with E-state index >= 15 is 0 Å². The quantitative estimate of drug-likeness (QED) is 0.717. The summed E-state index contributed by atoms with van der Waals surface area (Å²) in [4.78, 5) is 28.5. The second kappa shape index (κ2) is 9.60. The Balaban J connectivity index is 2.11. The average molecular weight is 383 g/mol. The highest BCUT2D eigenvalue weighted by atomic mass is 16.4. The van der Waals surface area contributed by atoms with Crippen molar-refractivity contribution >= 4 is 12.1 Å². The number of carboxylic acid groups (broad SMARTS) is 2. The zero-order chi connectivity index (χ0) is 20.7. The maximum atomic E-state index is 11.6. The van der Waals surface area contributed by atoms with Gasteiger partial charge in [0.2, 0.25) is 0 Å². The Morgan fingerprint density at radius 2 is 1.86 bits per heavy atom. The van der Waals surface area contributed by atoms with E-state index in [1.165, 1.54) is 0 Å². The van der Waals surface area contributed by atoms with Gasteiger partial charge in [0, 0.05) is 31.8 Å². The molecule has 7 nitrogen and oxygen atoms in total. The monoisotopic (exact) mass is 383 g/mol. The van der Waals surface area contributed by atoms with Crippen LogP contribution in [0.3, 0.4) is 0 Å². The van der Waals surface area contributed by atoms with E-state index in [-0.39, 0.29) is 18.9 Å². The van der Waals surface area contributed by atoms with E-state index in [0.717, 1.165) is 10.5 Å². The van der Waals surface area contributed by atoms with Gasteiger partial charge in [-0.15, -0.1) is 0 Å². The van der Waals surface area contributed by atoms with E-state index in [0.29, 0.717) is 17.9 Å². The topological polar surface area (TPSA) is 95.7 Å². The van der Waals surface area contributed by atoms with Gasteiger partial charge in [-0.3, -0.25) is 4.90 Å². The summed E-state index contributed by atoms with van der Waals surface area (Å²) < 4.78 is 1.78. The predicted octanol–water partition coefficient (Wildman–Crippen LogP) is 2.84. The summed E-state index contributed by atoms with van der Waals surface area (Å²) in [5.74, 6) is 5.54. The van der Waals surface area contributed by atoms with Crippen molar-refractivity contribution in [3.63, 3.8) is 0 Å². The van der Waals surface area contributed by atoms with Crippen molar-refractivity contribution in [3.8, 4) is 11.8 Å². The van der Waals surface area contributed by atoms with Gasteiger partial charge >= 0.3 is 12.1 Å². The van der Waals surface area contributed by atoms with Crippen molar-refractivity contribution in [1.29, 1.82) is 0 Å². The minimum absolute atomic E-state index is 0.0571. The molecule has 2 N–H and O–H groups in total. The smallest absolute Gasteiger partial charge is 0.408 e. The van der Waals surface area contributed by atoms with E-state index in [1.807, 2.05) is 51.2 Å². The van der Waals surface area contributed by atoms with Gasteiger partial charge in [-0.25, -0.2) is 14.6 Å². The SMILES string of the molecule is CC(C)CC(C(=O)O)N(CCc1cn(C)c(C#Cc2ccccc2)n1)C(=O)O. The number of carbonyl (C=O) groups is 2. The third kappa shape index (κ3) is 5.88. The van der Waals surface area contributed by atoms with Crippen molar-refractivity contribution in [3.05, 3.63) is 53.6 Å². The molecule has 1 aromatic heterocycles. The fourth-order valence-electron chi connectivity index (χ4n) is 2.84. The molecular formula is C21H25N3O4. The Labute approximate surface area is 164 Å². The first kappa shape index (κ1) is 21.0. The molecular weight excluding hydrogens is 358 g/mol. The van der Waals surface area contributed by atoms with E-state index < -0.39 is 18.1 Å². The molecule has 28 heavy (non-hydrogen) atoms. The van der Waals surface area contributed by atoms with Gasteiger partial charge in [0.15, 0.2) is 5.82 Å². The van der Waals surface area contributed by atoms with E-state index in [4.69, 9.17) is 0 Å². The van der Waals surface area contributed by atoms with Crippen molar-refractivity contribution in [2.45, 2.75) is 32.7 Å². The number of aryl methyl sites for hydroxylation is 1. The van der Waals surface area contributed by atoms with E-state index in [2.05, 4.69) is 16.8 Å². The minimum Gasteiger partial charge on any atom is -0.480 e. The highest BCUT2D eigenvalue weighted by Gasteiger charge is 2.30. The minimum atomic E-state index is -1.24. The summed E-state index contributed by atoms with van der Waals surface area (Å²) in [5.41, 5.74) is 1.54. The fraction of sp³-hybridized carbons (Fsp3) is 0.381. The van der Waals surface area contributed by atoms with E-state index in [9.17, 15) is 19.8 Å². The molecule has 1 amide bonds. The van der Waals surface area contributed by atoms with Gasteiger partial charge < -0.3 is 14.8 Å². The molecule has 1 atom stereocenters. The number of rotatable bonds is 7. The van der Waals surface area contributed by atoms with Crippen LogP contribution in [-0.4, -0.2) is 49.3 Å². The largest absolute Gasteiger partial charge is 0.480 e. The molecule has 0 aliphatic heterocycles. The second-order valence-electron chi connectivity index (χ2n) is 6.99. The number of hydrogen-bond donors (Lipinski definition) is 2. The van der Waals surface area contributed by atoms with Crippen LogP contribution in [0, 0.1) is 17.8 Å². The Morgan fingerprint density at radius 3 is 2.43 bits per heavy atom. The third-order valence-electron chi connectivity index (χ3n) is 4.23. The summed E-state index contributed by atoms with van der Waals surface area (Å²) in [6, 6.07) is 8.47. The molecule has 0 radical (unpaired) electrons. The number of benzene rings is 1. The molecule has 0 saturated heterocycles. The van der Waals surface area contributed by atoms with Gasteiger partial charge in [0.25, 0.3) is 0 Å². The molecule has 0 saturated carbocycles. The number of hydrogen-bond acceptors (Lipinski definition) is 3. The zero-order valence-corrected chi connectivity index (χ0v) is 16.3. The zero-order valence-electron chi connectivity index (χ0n) is 16.3. The first-order valence-corrected chi connectivity index (χ1v) is 9.09. The average Bonchev–Trinajstić information content (AvgIpc) is 2.99. The van der Waals surface area contributed by atoms with Gasteiger partial charge in [0.05, 0.1) is 5.69 Å². The number of imidazole rings is 1. The lowest BCUT2D eigenvalue weighted by atomic mass is 10.0. The molecule has 0 fully saturated rings. The molecule has 1 unspecified atom stereocenters. The van der Waals surface area contributed by atoms with Crippen LogP contribution in [0.1, 0.15) is 37.4 Å². The van der Waals surface area contributed by atoms with Crippen LogP contribution in [0.5, 0.6) is 0 Å². The van der Waals surface area contributed by atoms with Crippen LogP contribution in [-0.2, 0) is 18.3 Å². The lowest BCUT2D eigenvalue weighted by Crippen LogP contribution is -2.46. The van der Waals surface area contributed by atoms with Crippen LogP contribution < -0.4 is 0 Å². The maximum Gasteiger partial charge on any atom is 0.408 e. The van der Waals surface area contributed by atoms with Crippen molar-refractivity contribution in [2.24, 2.45) is 13.0 Å². The van der Waals surface area contributed by atoms with Crippen LogP contribution in [0.4, 0.5) is 4.79 Å². The summed E-state index contributed by atoms with van der Waals surface area (Å²) in [6.07, 6.45) is 1.12. The molecule has 148 valence electrons. The molecule has 0 aliphatic carbocycles. The molecule has 0 bridgehead atoms. The molecule has 0 spiro atoms. The molecule has 1 heterocycles. The number of nitrogens with zero attached hydrogens (tertiary/aromatic N) is 3. The Kier molecular flexibility index (Phi) is 7.21.